The Labute approximate surface area is 96.4 Å². The van der Waals surface area contributed by atoms with Gasteiger partial charge in [-0.3, -0.25) is 4.99 Å². The number of halogens is 1. The summed E-state index contributed by atoms with van der Waals surface area (Å²) in [6, 6.07) is 0. The van der Waals surface area contributed by atoms with E-state index in [0.29, 0.717) is 5.41 Å². The summed E-state index contributed by atoms with van der Waals surface area (Å²) >= 11 is 0. The first-order valence-electron chi connectivity index (χ1n) is 4.76. The molecule has 2 aliphatic carbocycles. The van der Waals surface area contributed by atoms with Gasteiger partial charge in [-0.2, -0.15) is 0 Å². The molecule has 13 heavy (non-hydrogen) atoms. The number of rotatable bonds is 2. The minimum atomic E-state index is 0. The Balaban J connectivity index is 0.000000845. The molecule has 0 heterocycles. The summed E-state index contributed by atoms with van der Waals surface area (Å²) in [6.07, 6.45) is 6.85. The van der Waals surface area contributed by atoms with Gasteiger partial charge in [-0.1, -0.05) is 0 Å². The summed E-state index contributed by atoms with van der Waals surface area (Å²) in [4.78, 5) is 4.15. The van der Waals surface area contributed by atoms with E-state index in [0.717, 1.165) is 12.5 Å². The molecule has 0 aromatic rings. The molecule has 2 saturated carbocycles. The van der Waals surface area contributed by atoms with Crippen molar-refractivity contribution in [1.29, 1.82) is 0 Å². The highest BCUT2D eigenvalue weighted by molar-refractivity contribution is 14.0. The van der Waals surface area contributed by atoms with Crippen molar-refractivity contribution in [3.63, 3.8) is 0 Å². The third-order valence-electron chi connectivity index (χ3n) is 3.48. The molecule has 0 aromatic carbocycles. The van der Waals surface area contributed by atoms with Crippen LogP contribution in [0.25, 0.3) is 0 Å². The summed E-state index contributed by atoms with van der Waals surface area (Å²) in [7, 11) is 0. The Morgan fingerprint density at radius 1 is 1.31 bits per heavy atom. The molecule has 0 radical (unpaired) electrons. The number of aliphatic imine (C=N–C) groups is 1. The fourth-order valence-corrected chi connectivity index (χ4v) is 2.79. The molecule has 4 N–H and O–H groups in total. The van der Waals surface area contributed by atoms with E-state index >= 15 is 0 Å². The molecule has 0 amide bonds. The van der Waals surface area contributed by atoms with Crippen LogP contribution in [0.1, 0.15) is 32.1 Å². The van der Waals surface area contributed by atoms with Gasteiger partial charge in [0.05, 0.1) is 0 Å². The molecule has 0 aromatic heterocycles. The van der Waals surface area contributed by atoms with Crippen molar-refractivity contribution >= 4 is 29.9 Å². The van der Waals surface area contributed by atoms with E-state index in [1.165, 1.54) is 32.1 Å². The van der Waals surface area contributed by atoms with Crippen LogP contribution in [0.3, 0.4) is 0 Å². The Morgan fingerprint density at radius 3 is 2.31 bits per heavy atom. The third-order valence-corrected chi connectivity index (χ3v) is 3.48. The van der Waals surface area contributed by atoms with E-state index in [4.69, 9.17) is 11.5 Å². The van der Waals surface area contributed by atoms with E-state index in [9.17, 15) is 0 Å². The fraction of sp³-hybridized carbons (Fsp3) is 0.889. The molecule has 76 valence electrons. The van der Waals surface area contributed by atoms with Crippen molar-refractivity contribution < 1.29 is 0 Å². The molecule has 0 saturated heterocycles. The molecule has 2 fully saturated rings. The number of hydrogen-bond acceptors (Lipinski definition) is 1. The van der Waals surface area contributed by atoms with Crippen LogP contribution in [0.5, 0.6) is 0 Å². The maximum absolute atomic E-state index is 5.33. The zero-order chi connectivity index (χ0) is 8.60. The molecule has 0 aliphatic heterocycles. The maximum Gasteiger partial charge on any atom is 0.185 e. The average molecular weight is 295 g/mol. The zero-order valence-electron chi connectivity index (χ0n) is 7.83. The molecule has 2 bridgehead atoms. The lowest BCUT2D eigenvalue weighted by molar-refractivity contribution is 0.307. The van der Waals surface area contributed by atoms with Crippen molar-refractivity contribution in [2.45, 2.75) is 32.1 Å². The fourth-order valence-electron chi connectivity index (χ4n) is 2.79. The lowest BCUT2D eigenvalue weighted by Gasteiger charge is -2.23. The molecule has 2 rings (SSSR count). The SMILES string of the molecule is I.NC(N)=NCC12CCC(CC1)C2. The number of guanidine groups is 1. The standard InChI is InChI=1S/C9H17N3.HI/c10-8(11)12-6-9-3-1-7(5-9)2-4-9;/h7H,1-6H2,(H4,10,11,12);1H. The van der Waals surface area contributed by atoms with Crippen molar-refractivity contribution in [2.24, 2.45) is 27.8 Å². The molecule has 2 aliphatic rings. The first kappa shape index (κ1) is 11.1. The van der Waals surface area contributed by atoms with Gasteiger partial charge in [-0.05, 0) is 43.4 Å². The molecular weight excluding hydrogens is 277 g/mol. The second kappa shape index (κ2) is 4.02. The van der Waals surface area contributed by atoms with E-state index in [-0.39, 0.29) is 29.9 Å². The second-order valence-corrected chi connectivity index (χ2v) is 4.39. The summed E-state index contributed by atoms with van der Waals surface area (Å²) in [6.45, 7) is 0.867. The van der Waals surface area contributed by atoms with Gasteiger partial charge in [0, 0.05) is 6.54 Å². The lowest BCUT2D eigenvalue weighted by Crippen LogP contribution is -2.26. The van der Waals surface area contributed by atoms with E-state index in [1.807, 2.05) is 0 Å². The number of nitrogens with two attached hydrogens (primary N) is 2. The Morgan fingerprint density at radius 2 is 1.92 bits per heavy atom. The van der Waals surface area contributed by atoms with Crippen molar-refractivity contribution in [2.75, 3.05) is 6.54 Å². The van der Waals surface area contributed by atoms with Gasteiger partial charge in [-0.25, -0.2) is 0 Å². The Bertz CT molecular complexity index is 203. The lowest BCUT2D eigenvalue weighted by atomic mass is 9.84. The van der Waals surface area contributed by atoms with Gasteiger partial charge >= 0.3 is 0 Å². The second-order valence-electron chi connectivity index (χ2n) is 4.39. The van der Waals surface area contributed by atoms with Crippen LogP contribution in [0.4, 0.5) is 0 Å². The molecule has 0 unspecified atom stereocenters. The Kier molecular flexibility index (Phi) is 3.43. The topological polar surface area (TPSA) is 64.4 Å². The van der Waals surface area contributed by atoms with Crippen LogP contribution in [0, 0.1) is 11.3 Å². The first-order chi connectivity index (χ1) is 5.70. The van der Waals surface area contributed by atoms with Crippen molar-refractivity contribution in [1.82, 2.24) is 0 Å². The smallest absolute Gasteiger partial charge is 0.185 e. The number of fused-ring (bicyclic) bond motifs is 2. The zero-order valence-corrected chi connectivity index (χ0v) is 10.2. The van der Waals surface area contributed by atoms with Crippen LogP contribution >= 0.6 is 24.0 Å². The highest BCUT2D eigenvalue weighted by Gasteiger charge is 2.44. The Hall–Kier alpha value is 0. The highest BCUT2D eigenvalue weighted by Crippen LogP contribution is 2.54. The minimum Gasteiger partial charge on any atom is -0.370 e. The van der Waals surface area contributed by atoms with Crippen LogP contribution in [-0.2, 0) is 0 Å². The highest BCUT2D eigenvalue weighted by atomic mass is 127. The maximum atomic E-state index is 5.33. The van der Waals surface area contributed by atoms with Crippen LogP contribution in [-0.4, -0.2) is 12.5 Å². The number of hydrogen-bond donors (Lipinski definition) is 2. The van der Waals surface area contributed by atoms with Crippen LogP contribution in [0.2, 0.25) is 0 Å². The predicted molar refractivity (Wildman–Crippen MR) is 65.1 cm³/mol. The van der Waals surface area contributed by atoms with E-state index < -0.39 is 0 Å². The molecule has 3 nitrogen and oxygen atoms in total. The largest absolute Gasteiger partial charge is 0.370 e. The van der Waals surface area contributed by atoms with Gasteiger partial charge in [0.1, 0.15) is 0 Å². The summed E-state index contributed by atoms with van der Waals surface area (Å²) in [5.74, 6) is 1.24. The predicted octanol–water partition coefficient (Wildman–Crippen LogP) is 1.46. The quantitative estimate of drug-likeness (QED) is 0.460. The van der Waals surface area contributed by atoms with Crippen LogP contribution < -0.4 is 11.5 Å². The summed E-state index contributed by atoms with van der Waals surface area (Å²) < 4.78 is 0. The average Bonchev–Trinajstić information content (AvgIpc) is 2.60. The van der Waals surface area contributed by atoms with E-state index in [1.54, 1.807) is 0 Å². The van der Waals surface area contributed by atoms with Gasteiger partial charge in [0.25, 0.3) is 0 Å². The van der Waals surface area contributed by atoms with E-state index in [2.05, 4.69) is 4.99 Å². The monoisotopic (exact) mass is 295 g/mol. The first-order valence-corrected chi connectivity index (χ1v) is 4.76. The molecule has 0 atom stereocenters. The van der Waals surface area contributed by atoms with Gasteiger partial charge in [0.2, 0.25) is 0 Å². The van der Waals surface area contributed by atoms with Gasteiger partial charge in [0.15, 0.2) is 5.96 Å². The van der Waals surface area contributed by atoms with Crippen molar-refractivity contribution in [3.8, 4) is 0 Å². The third kappa shape index (κ3) is 2.27. The number of nitrogens with zero attached hydrogens (tertiary/aromatic N) is 1. The summed E-state index contributed by atoms with van der Waals surface area (Å²) in [5.41, 5.74) is 11.1. The molecule has 0 spiro atoms. The normalized spacial score (nSPS) is 35.5. The van der Waals surface area contributed by atoms with Crippen molar-refractivity contribution in [3.05, 3.63) is 0 Å². The molecule has 4 heteroatoms. The summed E-state index contributed by atoms with van der Waals surface area (Å²) in [5, 5.41) is 0. The molecular formula is C9H18IN3. The van der Waals surface area contributed by atoms with Gasteiger partial charge in [-0.15, -0.1) is 24.0 Å². The van der Waals surface area contributed by atoms with Crippen LogP contribution in [0.15, 0.2) is 4.99 Å². The van der Waals surface area contributed by atoms with Gasteiger partial charge < -0.3 is 11.5 Å². The minimum absolute atomic E-state index is 0.